The number of nitrogens with zero attached hydrogens (tertiary/aromatic N) is 2. The summed E-state index contributed by atoms with van der Waals surface area (Å²) in [5.74, 6) is 0.736. The van der Waals surface area contributed by atoms with E-state index in [4.69, 9.17) is 14.6 Å². The monoisotopic (exact) mass is 470 g/mol. The zero-order valence-corrected chi connectivity index (χ0v) is 19.0. The molecule has 6 heteroatoms. The van der Waals surface area contributed by atoms with Gasteiger partial charge >= 0.3 is 5.97 Å². The van der Waals surface area contributed by atoms with E-state index in [2.05, 4.69) is 38.8 Å². The first-order chi connectivity index (χ1) is 14.5. The Morgan fingerprint density at radius 3 is 2.63 bits per heavy atom. The second kappa shape index (κ2) is 9.21. The van der Waals surface area contributed by atoms with Gasteiger partial charge in [0.25, 0.3) is 0 Å². The number of ether oxygens (including phenoxy) is 2. The predicted octanol–water partition coefficient (Wildman–Crippen LogP) is 6.16. The third-order valence-electron chi connectivity index (χ3n) is 5.95. The van der Waals surface area contributed by atoms with Crippen molar-refractivity contribution in [2.24, 2.45) is 0 Å². The van der Waals surface area contributed by atoms with Crippen LogP contribution in [0.25, 0.3) is 10.9 Å². The lowest BCUT2D eigenvalue weighted by Crippen LogP contribution is -2.06. The Morgan fingerprint density at radius 1 is 1.20 bits per heavy atom. The Morgan fingerprint density at radius 2 is 1.93 bits per heavy atom. The van der Waals surface area contributed by atoms with Crippen molar-refractivity contribution in [1.29, 1.82) is 0 Å². The maximum Gasteiger partial charge on any atom is 0.306 e. The largest absolute Gasteiger partial charge is 0.489 e. The zero-order chi connectivity index (χ0) is 21.1. The third kappa shape index (κ3) is 4.53. The number of hydrogen-bond acceptors (Lipinski definition) is 4. The molecule has 0 N–H and O–H groups in total. The van der Waals surface area contributed by atoms with Gasteiger partial charge in [0.15, 0.2) is 0 Å². The van der Waals surface area contributed by atoms with E-state index < -0.39 is 0 Å². The fraction of sp³-hybridized carbons (Fsp3) is 0.417. The van der Waals surface area contributed by atoms with Crippen LogP contribution in [0, 0.1) is 0 Å². The molecular formula is C24H27BrN2O3. The molecule has 3 aromatic rings. The van der Waals surface area contributed by atoms with Crippen molar-refractivity contribution < 1.29 is 14.3 Å². The lowest BCUT2D eigenvalue weighted by atomic mass is 9.98. The number of carbonyl (C=O) groups excluding carboxylic acids is 1. The molecule has 1 aromatic heterocycles. The van der Waals surface area contributed by atoms with Gasteiger partial charge < -0.3 is 9.47 Å². The second-order valence-corrected chi connectivity index (χ2v) is 8.82. The molecule has 1 atom stereocenters. The highest BCUT2D eigenvalue weighted by Gasteiger charge is 2.21. The topological polar surface area (TPSA) is 53.4 Å². The van der Waals surface area contributed by atoms with Crippen molar-refractivity contribution in [3.63, 3.8) is 0 Å². The van der Waals surface area contributed by atoms with Crippen LogP contribution >= 0.6 is 15.9 Å². The molecule has 1 heterocycles. The maximum atomic E-state index is 11.5. The first kappa shape index (κ1) is 20.9. The Hall–Kier alpha value is -2.34. The van der Waals surface area contributed by atoms with Crippen LogP contribution in [-0.4, -0.2) is 22.9 Å². The molecule has 0 spiro atoms. The van der Waals surface area contributed by atoms with E-state index in [1.54, 1.807) is 0 Å². The minimum absolute atomic E-state index is 0.114. The molecule has 30 heavy (non-hydrogen) atoms. The smallest absolute Gasteiger partial charge is 0.306 e. The van der Waals surface area contributed by atoms with Gasteiger partial charge in [-0.3, -0.25) is 9.48 Å². The standard InChI is InChI=1S/C24H27BrN2O3/c1-16(13-23(28)29-2)18-8-10-20(11-9-18)30-15-17-7-12-21-22(14-17)27(26-24(21)25)19-5-3-4-6-19/h7-12,14,16,19H,3-6,13,15H2,1-2H3/t16-/m0/s1. The van der Waals surface area contributed by atoms with Crippen molar-refractivity contribution in [3.05, 3.63) is 58.2 Å². The minimum Gasteiger partial charge on any atom is -0.489 e. The van der Waals surface area contributed by atoms with Gasteiger partial charge in [0.1, 0.15) is 17.0 Å². The molecule has 1 saturated carbocycles. The van der Waals surface area contributed by atoms with Crippen LogP contribution in [0.4, 0.5) is 0 Å². The fourth-order valence-corrected chi connectivity index (χ4v) is 4.68. The van der Waals surface area contributed by atoms with E-state index >= 15 is 0 Å². The van der Waals surface area contributed by atoms with Gasteiger partial charge in [-0.2, -0.15) is 5.10 Å². The molecule has 1 fully saturated rings. The van der Waals surface area contributed by atoms with Gasteiger partial charge in [0.05, 0.1) is 25.1 Å². The van der Waals surface area contributed by atoms with Crippen LogP contribution in [0.3, 0.4) is 0 Å². The number of methoxy groups -OCH3 is 1. The summed E-state index contributed by atoms with van der Waals surface area (Å²) in [6, 6.07) is 14.8. The number of carbonyl (C=O) groups is 1. The summed E-state index contributed by atoms with van der Waals surface area (Å²) in [6.45, 7) is 2.52. The van der Waals surface area contributed by atoms with Crippen molar-refractivity contribution in [1.82, 2.24) is 9.78 Å². The molecule has 1 aliphatic rings. The van der Waals surface area contributed by atoms with Crippen LogP contribution in [0.5, 0.6) is 5.75 Å². The number of hydrogen-bond donors (Lipinski definition) is 0. The van der Waals surface area contributed by atoms with Crippen molar-refractivity contribution in [2.45, 2.75) is 57.6 Å². The van der Waals surface area contributed by atoms with Crippen LogP contribution in [0.15, 0.2) is 47.1 Å². The van der Waals surface area contributed by atoms with Gasteiger partial charge in [0.2, 0.25) is 0 Å². The second-order valence-electron chi connectivity index (χ2n) is 8.06. The number of fused-ring (bicyclic) bond motifs is 1. The lowest BCUT2D eigenvalue weighted by Gasteiger charge is -2.13. The average molecular weight is 471 g/mol. The van der Waals surface area contributed by atoms with Crippen LogP contribution in [0.1, 0.15) is 62.1 Å². The van der Waals surface area contributed by atoms with Crippen LogP contribution < -0.4 is 4.74 Å². The zero-order valence-electron chi connectivity index (χ0n) is 17.4. The number of rotatable bonds is 7. The molecule has 0 radical (unpaired) electrons. The summed E-state index contributed by atoms with van der Waals surface area (Å²) in [4.78, 5) is 11.5. The highest BCUT2D eigenvalue weighted by Crippen LogP contribution is 2.34. The molecule has 158 valence electrons. The first-order valence-corrected chi connectivity index (χ1v) is 11.3. The Labute approximate surface area is 185 Å². The van der Waals surface area contributed by atoms with Crippen LogP contribution in [0.2, 0.25) is 0 Å². The summed E-state index contributed by atoms with van der Waals surface area (Å²) < 4.78 is 13.9. The molecule has 1 aliphatic carbocycles. The summed E-state index contributed by atoms with van der Waals surface area (Å²) in [5, 5.41) is 5.89. The quantitative estimate of drug-likeness (QED) is 0.388. The maximum absolute atomic E-state index is 11.5. The molecule has 5 nitrogen and oxygen atoms in total. The molecule has 0 amide bonds. The molecule has 0 aliphatic heterocycles. The van der Waals surface area contributed by atoms with Gasteiger partial charge in [0, 0.05) is 5.39 Å². The average Bonchev–Trinajstić information content (AvgIpc) is 3.40. The van der Waals surface area contributed by atoms with E-state index in [9.17, 15) is 4.79 Å². The molecule has 0 saturated heterocycles. The molecule has 0 bridgehead atoms. The van der Waals surface area contributed by atoms with E-state index in [1.165, 1.54) is 38.3 Å². The SMILES string of the molecule is COC(=O)C[C@H](C)c1ccc(OCc2ccc3c(Br)nn(C4CCCC4)c3c2)cc1. The van der Waals surface area contributed by atoms with E-state index in [0.717, 1.165) is 26.9 Å². The highest BCUT2D eigenvalue weighted by molar-refractivity contribution is 9.10. The van der Waals surface area contributed by atoms with Gasteiger partial charge in [-0.05, 0) is 70.1 Å². The summed E-state index contributed by atoms with van der Waals surface area (Å²) in [6.07, 6.45) is 5.33. The normalized spacial score (nSPS) is 15.4. The van der Waals surface area contributed by atoms with Crippen molar-refractivity contribution in [3.8, 4) is 5.75 Å². The molecular weight excluding hydrogens is 444 g/mol. The van der Waals surface area contributed by atoms with Gasteiger partial charge in [-0.25, -0.2) is 0 Å². The molecule has 0 unspecified atom stereocenters. The number of aromatic nitrogens is 2. The van der Waals surface area contributed by atoms with Crippen molar-refractivity contribution in [2.75, 3.05) is 7.11 Å². The van der Waals surface area contributed by atoms with Crippen molar-refractivity contribution >= 4 is 32.8 Å². The number of esters is 1. The Balaban J connectivity index is 1.44. The fourth-order valence-electron chi connectivity index (χ4n) is 4.17. The predicted molar refractivity (Wildman–Crippen MR) is 121 cm³/mol. The number of halogens is 1. The third-order valence-corrected chi connectivity index (χ3v) is 6.54. The summed E-state index contributed by atoms with van der Waals surface area (Å²) in [7, 11) is 1.42. The number of benzene rings is 2. The summed E-state index contributed by atoms with van der Waals surface area (Å²) >= 11 is 3.61. The Bertz CT molecular complexity index is 1020. The van der Waals surface area contributed by atoms with Gasteiger partial charge in [-0.1, -0.05) is 38.0 Å². The van der Waals surface area contributed by atoms with E-state index in [1.807, 2.05) is 31.2 Å². The van der Waals surface area contributed by atoms with Crippen LogP contribution in [-0.2, 0) is 16.1 Å². The molecule has 4 rings (SSSR count). The minimum atomic E-state index is -0.193. The highest BCUT2D eigenvalue weighted by atomic mass is 79.9. The van der Waals surface area contributed by atoms with E-state index in [0.29, 0.717) is 19.1 Å². The summed E-state index contributed by atoms with van der Waals surface area (Å²) in [5.41, 5.74) is 3.39. The molecule has 2 aromatic carbocycles. The first-order valence-electron chi connectivity index (χ1n) is 10.5. The van der Waals surface area contributed by atoms with E-state index in [-0.39, 0.29) is 11.9 Å². The lowest BCUT2D eigenvalue weighted by molar-refractivity contribution is -0.140. The van der Waals surface area contributed by atoms with Gasteiger partial charge in [-0.15, -0.1) is 0 Å². The Kier molecular flexibility index (Phi) is 6.42.